The highest BCUT2D eigenvalue weighted by molar-refractivity contribution is 5.37. The molecule has 0 aliphatic rings. The second kappa shape index (κ2) is 5.95. The molecule has 1 rings (SSSR count). The molecule has 0 atom stereocenters. The van der Waals surface area contributed by atoms with Gasteiger partial charge < -0.3 is 0 Å². The molecule has 0 aromatic heterocycles. The number of rotatable bonds is 5. The summed E-state index contributed by atoms with van der Waals surface area (Å²) >= 11 is 0. The summed E-state index contributed by atoms with van der Waals surface area (Å²) in [7, 11) is 0. The SMILES string of the molecule is [CH2]CCCc1c(CC)cccc1C(C)C. The summed E-state index contributed by atoms with van der Waals surface area (Å²) in [5.74, 6) is 0.635. The van der Waals surface area contributed by atoms with Crippen LogP contribution in [0.1, 0.15) is 56.2 Å². The molecule has 15 heavy (non-hydrogen) atoms. The van der Waals surface area contributed by atoms with Gasteiger partial charge in [0.05, 0.1) is 0 Å². The van der Waals surface area contributed by atoms with E-state index in [-0.39, 0.29) is 0 Å². The topological polar surface area (TPSA) is 0 Å². The van der Waals surface area contributed by atoms with Crippen LogP contribution in [0, 0.1) is 6.92 Å². The predicted octanol–water partition coefficient (Wildman–Crippen LogP) is 4.53. The molecule has 1 radical (unpaired) electrons. The number of benzene rings is 1. The quantitative estimate of drug-likeness (QED) is 0.659. The van der Waals surface area contributed by atoms with Crippen molar-refractivity contribution in [1.29, 1.82) is 0 Å². The van der Waals surface area contributed by atoms with E-state index < -0.39 is 0 Å². The molecule has 0 N–H and O–H groups in total. The first-order chi connectivity index (χ1) is 7.20. The summed E-state index contributed by atoms with van der Waals surface area (Å²) in [6.45, 7) is 10.7. The number of aryl methyl sites for hydroxylation is 1. The standard InChI is InChI=1S/C15H23/c1-5-7-10-15-13(6-2)9-8-11-14(15)12(3)4/h8-9,11-12H,1,5-7,10H2,2-4H3. The van der Waals surface area contributed by atoms with Gasteiger partial charge in [0, 0.05) is 0 Å². The van der Waals surface area contributed by atoms with Crippen LogP contribution in [-0.4, -0.2) is 0 Å². The molecule has 0 spiro atoms. The van der Waals surface area contributed by atoms with Crippen molar-refractivity contribution in [1.82, 2.24) is 0 Å². The van der Waals surface area contributed by atoms with Gasteiger partial charge in [0.15, 0.2) is 0 Å². The average Bonchev–Trinajstić information content (AvgIpc) is 2.25. The molecule has 0 heterocycles. The monoisotopic (exact) mass is 203 g/mol. The molecular formula is C15H23. The average molecular weight is 203 g/mol. The molecule has 0 bridgehead atoms. The zero-order valence-electron chi connectivity index (χ0n) is 10.3. The van der Waals surface area contributed by atoms with E-state index in [0.29, 0.717) is 5.92 Å². The summed E-state index contributed by atoms with van der Waals surface area (Å²) in [4.78, 5) is 0. The Morgan fingerprint density at radius 3 is 2.53 bits per heavy atom. The molecule has 0 saturated carbocycles. The maximum absolute atomic E-state index is 3.93. The molecule has 0 saturated heterocycles. The van der Waals surface area contributed by atoms with Gasteiger partial charge >= 0.3 is 0 Å². The summed E-state index contributed by atoms with van der Waals surface area (Å²) in [5.41, 5.74) is 4.64. The van der Waals surface area contributed by atoms with E-state index >= 15 is 0 Å². The van der Waals surface area contributed by atoms with Gasteiger partial charge in [-0.25, -0.2) is 0 Å². The zero-order chi connectivity index (χ0) is 11.3. The van der Waals surface area contributed by atoms with Gasteiger partial charge in [-0.15, -0.1) is 0 Å². The lowest BCUT2D eigenvalue weighted by atomic mass is 9.89. The molecule has 0 fully saturated rings. The fraction of sp³-hybridized carbons (Fsp3) is 0.533. The Balaban J connectivity index is 3.03. The first-order valence-corrected chi connectivity index (χ1v) is 6.10. The maximum Gasteiger partial charge on any atom is -0.0216 e. The summed E-state index contributed by atoms with van der Waals surface area (Å²) in [6.07, 6.45) is 4.58. The molecule has 0 amide bonds. The van der Waals surface area contributed by atoms with Crippen molar-refractivity contribution in [3.63, 3.8) is 0 Å². The molecule has 0 heteroatoms. The molecule has 0 nitrogen and oxygen atoms in total. The Morgan fingerprint density at radius 2 is 2.00 bits per heavy atom. The first-order valence-electron chi connectivity index (χ1n) is 6.10. The molecular weight excluding hydrogens is 180 g/mol. The Morgan fingerprint density at radius 1 is 1.27 bits per heavy atom. The van der Waals surface area contributed by atoms with Crippen LogP contribution in [0.3, 0.4) is 0 Å². The van der Waals surface area contributed by atoms with Gasteiger partial charge in [-0.05, 0) is 41.9 Å². The Kier molecular flexibility index (Phi) is 4.87. The van der Waals surface area contributed by atoms with Crippen molar-refractivity contribution in [2.45, 2.75) is 52.4 Å². The minimum absolute atomic E-state index is 0.635. The van der Waals surface area contributed by atoms with E-state index in [1.165, 1.54) is 24.0 Å². The van der Waals surface area contributed by atoms with Crippen molar-refractivity contribution in [3.05, 3.63) is 41.8 Å². The second-order valence-corrected chi connectivity index (χ2v) is 4.45. The number of unbranched alkanes of at least 4 members (excludes halogenated alkanes) is 1. The van der Waals surface area contributed by atoms with Crippen LogP contribution in [0.5, 0.6) is 0 Å². The zero-order valence-corrected chi connectivity index (χ0v) is 10.3. The van der Waals surface area contributed by atoms with Crippen LogP contribution >= 0.6 is 0 Å². The largest absolute Gasteiger partial charge is 0.0617 e. The lowest BCUT2D eigenvalue weighted by Crippen LogP contribution is -2.01. The van der Waals surface area contributed by atoms with E-state index in [2.05, 4.69) is 45.9 Å². The minimum atomic E-state index is 0.635. The van der Waals surface area contributed by atoms with Crippen molar-refractivity contribution in [2.24, 2.45) is 0 Å². The van der Waals surface area contributed by atoms with E-state index in [1.54, 1.807) is 5.56 Å². The molecule has 1 aromatic rings. The summed E-state index contributed by atoms with van der Waals surface area (Å²) < 4.78 is 0. The summed E-state index contributed by atoms with van der Waals surface area (Å²) in [5, 5.41) is 0. The predicted molar refractivity (Wildman–Crippen MR) is 68.2 cm³/mol. The molecule has 83 valence electrons. The fourth-order valence-corrected chi connectivity index (χ4v) is 2.13. The van der Waals surface area contributed by atoms with Gasteiger partial charge in [0.1, 0.15) is 0 Å². The lowest BCUT2D eigenvalue weighted by Gasteiger charge is -2.16. The van der Waals surface area contributed by atoms with E-state index in [0.717, 1.165) is 12.8 Å². The summed E-state index contributed by atoms with van der Waals surface area (Å²) in [6, 6.07) is 6.74. The van der Waals surface area contributed by atoms with Gasteiger partial charge in [-0.1, -0.05) is 52.3 Å². The fourth-order valence-electron chi connectivity index (χ4n) is 2.13. The normalized spacial score (nSPS) is 11.0. The van der Waals surface area contributed by atoms with Crippen molar-refractivity contribution in [3.8, 4) is 0 Å². The highest BCUT2D eigenvalue weighted by Crippen LogP contribution is 2.24. The van der Waals surface area contributed by atoms with Crippen molar-refractivity contribution >= 4 is 0 Å². The molecule has 0 aliphatic heterocycles. The van der Waals surface area contributed by atoms with E-state index in [4.69, 9.17) is 0 Å². The van der Waals surface area contributed by atoms with Gasteiger partial charge in [0.2, 0.25) is 0 Å². The van der Waals surface area contributed by atoms with Gasteiger partial charge in [-0.3, -0.25) is 0 Å². The Labute approximate surface area is 94.7 Å². The highest BCUT2D eigenvalue weighted by atomic mass is 14.1. The molecule has 1 aromatic carbocycles. The molecule has 0 aliphatic carbocycles. The number of hydrogen-bond acceptors (Lipinski definition) is 0. The van der Waals surface area contributed by atoms with Crippen molar-refractivity contribution in [2.75, 3.05) is 0 Å². The second-order valence-electron chi connectivity index (χ2n) is 4.45. The van der Waals surface area contributed by atoms with Crippen molar-refractivity contribution < 1.29 is 0 Å². The Hall–Kier alpha value is -0.780. The van der Waals surface area contributed by atoms with Gasteiger partial charge in [-0.2, -0.15) is 0 Å². The molecule has 0 unspecified atom stereocenters. The minimum Gasteiger partial charge on any atom is -0.0617 e. The van der Waals surface area contributed by atoms with E-state index in [9.17, 15) is 0 Å². The van der Waals surface area contributed by atoms with Crippen LogP contribution < -0.4 is 0 Å². The van der Waals surface area contributed by atoms with Crippen LogP contribution in [0.25, 0.3) is 0 Å². The third-order valence-corrected chi connectivity index (χ3v) is 2.99. The van der Waals surface area contributed by atoms with Crippen LogP contribution in [-0.2, 0) is 12.8 Å². The van der Waals surface area contributed by atoms with Gasteiger partial charge in [0.25, 0.3) is 0 Å². The lowest BCUT2D eigenvalue weighted by molar-refractivity contribution is 0.782. The first kappa shape index (κ1) is 12.3. The Bertz CT molecular complexity index is 297. The van der Waals surface area contributed by atoms with E-state index in [1.807, 2.05) is 0 Å². The van der Waals surface area contributed by atoms with Crippen LogP contribution in [0.15, 0.2) is 18.2 Å². The van der Waals surface area contributed by atoms with Crippen LogP contribution in [0.2, 0.25) is 0 Å². The smallest absolute Gasteiger partial charge is 0.0216 e. The maximum atomic E-state index is 3.93. The highest BCUT2D eigenvalue weighted by Gasteiger charge is 2.09. The third-order valence-electron chi connectivity index (χ3n) is 2.99. The number of hydrogen-bond donors (Lipinski definition) is 0. The third kappa shape index (κ3) is 3.09. The van der Waals surface area contributed by atoms with Crippen LogP contribution in [0.4, 0.5) is 0 Å².